The van der Waals surface area contributed by atoms with Crippen molar-refractivity contribution in [3.8, 4) is 0 Å². The van der Waals surface area contributed by atoms with Crippen molar-refractivity contribution in [2.24, 2.45) is 22.9 Å². The predicted octanol–water partition coefficient (Wildman–Crippen LogP) is -4.56. The highest BCUT2D eigenvalue weighted by Gasteiger charge is 2.39. The van der Waals surface area contributed by atoms with Crippen molar-refractivity contribution in [2.45, 2.75) is 169 Å². The zero-order valence-corrected chi connectivity index (χ0v) is 60.1. The number of unbranched alkanes of at least 4 members (excludes halogenated alkanes) is 2. The minimum absolute atomic E-state index is 0.0520. The van der Waals surface area contributed by atoms with Crippen LogP contribution < -0.4 is 81.4 Å². The van der Waals surface area contributed by atoms with Crippen LogP contribution in [-0.2, 0) is 81.6 Å². The molecule has 103 heavy (non-hydrogen) atoms. The number of para-hydroxylation sites is 1. The summed E-state index contributed by atoms with van der Waals surface area (Å²) in [7, 11) is 0. The van der Waals surface area contributed by atoms with Gasteiger partial charge in [-0.05, 0) is 107 Å². The fraction of sp³-hybridized carbons (Fsp3) is 0.507. The van der Waals surface area contributed by atoms with Crippen LogP contribution in [0.3, 0.4) is 0 Å². The van der Waals surface area contributed by atoms with E-state index in [-0.39, 0.29) is 75.3 Å². The molecule has 0 fully saturated rings. The first-order valence-corrected chi connectivity index (χ1v) is 36.1. The maximum Gasteiger partial charge on any atom is 0.327 e. The highest BCUT2D eigenvalue weighted by atomic mass is 32.2. The van der Waals surface area contributed by atoms with Crippen LogP contribution in [0.25, 0.3) is 10.9 Å². The van der Waals surface area contributed by atoms with Gasteiger partial charge in [0.25, 0.3) is 0 Å². The molecule has 14 atom stereocenters. The summed E-state index contributed by atoms with van der Waals surface area (Å²) in [6, 6.07) is 5.10. The summed E-state index contributed by atoms with van der Waals surface area (Å²) in [5.41, 5.74) is 25.3. The van der Waals surface area contributed by atoms with E-state index in [9.17, 15) is 73.2 Å². The molecule has 0 saturated carbocycles. The molecule has 0 radical (unpaired) electrons. The topological polar surface area (TPSA) is 555 Å². The predicted molar refractivity (Wildman–Crippen MR) is 390 cm³/mol. The van der Waals surface area contributed by atoms with Gasteiger partial charge in [-0.15, -0.1) is 0 Å². The van der Waals surface area contributed by atoms with E-state index < -0.39 is 175 Å². The largest absolute Gasteiger partial charge is 0.480 e. The zero-order valence-electron chi connectivity index (χ0n) is 57.5. The van der Waals surface area contributed by atoms with Crippen LogP contribution in [0.1, 0.15) is 81.9 Å². The Morgan fingerprint density at radius 2 is 0.845 bits per heavy atom. The number of fused-ring (bicyclic) bond motifs is 1. The SMILES string of the molecule is CSCC[C@H](NC(=O)[C@@H](NC(=O)[C@H](CCCCN)NC(=O)[C@@H](Cc1c[nH]c2ccccc12)NC(=O)[C@H](Cc1ccccc1)NC(=O)[C@H](Cc1ccccc1)NC(=O)[C@H](CC(N)=O)NC(=O)[C@H](CCCCN)NC(=O)[C@@H](N)CS)C(C)O)C(=O)N[C@H](C(=O)N[C@@H](CO)C(=O)N[C@@H](CS)C(=O)O)C(C)O. The number of thiol groups is 2. The average molecular weight is 1500 g/mol. The van der Waals surface area contributed by atoms with Gasteiger partial charge >= 0.3 is 5.97 Å². The molecule has 0 aliphatic rings. The number of aliphatic hydroxyl groups excluding tert-OH is 3. The lowest BCUT2D eigenvalue weighted by Gasteiger charge is -2.29. The number of carboxylic acids is 1. The highest BCUT2D eigenvalue weighted by molar-refractivity contribution is 7.98. The summed E-state index contributed by atoms with van der Waals surface area (Å²) in [5.74, 6) is -13.7. The molecule has 0 spiro atoms. The van der Waals surface area contributed by atoms with Gasteiger partial charge in [0.1, 0.15) is 66.5 Å². The van der Waals surface area contributed by atoms with Gasteiger partial charge in [0.05, 0.1) is 31.3 Å². The summed E-state index contributed by atoms with van der Waals surface area (Å²) in [6.07, 6.45) is -0.378. The molecule has 2 unspecified atom stereocenters. The lowest BCUT2D eigenvalue weighted by Crippen LogP contribution is -2.63. The Balaban J connectivity index is 1.70. The van der Waals surface area contributed by atoms with Gasteiger partial charge < -0.3 is 107 Å². The third-order valence-corrected chi connectivity index (χ3v) is 17.7. The number of amides is 12. The number of carbonyl (C=O) groups excluding carboxylic acids is 12. The smallest absolute Gasteiger partial charge is 0.327 e. The number of aliphatic hydroxyl groups is 3. The van der Waals surface area contributed by atoms with Crippen molar-refractivity contribution < 1.29 is 82.8 Å². The number of aliphatic carboxylic acids is 1. The summed E-state index contributed by atoms with van der Waals surface area (Å²) in [5, 5.41) is 69.2. The second kappa shape index (κ2) is 45.3. The molecule has 24 N–H and O–H groups in total. The Labute approximate surface area is 611 Å². The van der Waals surface area contributed by atoms with E-state index in [1.165, 1.54) is 11.8 Å². The Morgan fingerprint density at radius 1 is 0.466 bits per heavy atom. The van der Waals surface area contributed by atoms with E-state index in [1.54, 1.807) is 97.4 Å². The summed E-state index contributed by atoms with van der Waals surface area (Å²) >= 11 is 9.20. The van der Waals surface area contributed by atoms with Crippen LogP contribution in [0.2, 0.25) is 0 Å². The van der Waals surface area contributed by atoms with E-state index in [0.29, 0.717) is 46.9 Å². The van der Waals surface area contributed by atoms with Crippen molar-refractivity contribution in [2.75, 3.05) is 43.2 Å². The fourth-order valence-electron chi connectivity index (χ4n) is 10.5. The van der Waals surface area contributed by atoms with Gasteiger partial charge in [-0.1, -0.05) is 78.9 Å². The number of primary amides is 1. The Bertz CT molecular complexity index is 3470. The van der Waals surface area contributed by atoms with Crippen molar-refractivity contribution >= 4 is 125 Å². The molecule has 4 aromatic rings. The van der Waals surface area contributed by atoms with Gasteiger partial charge in [0, 0.05) is 47.9 Å². The van der Waals surface area contributed by atoms with Gasteiger partial charge in [0.15, 0.2) is 0 Å². The van der Waals surface area contributed by atoms with Gasteiger partial charge in [-0.25, -0.2) is 4.79 Å². The number of aromatic nitrogens is 1. The molecule has 1 heterocycles. The number of H-pyrrole nitrogens is 1. The number of rotatable bonds is 47. The van der Waals surface area contributed by atoms with Gasteiger partial charge in [0.2, 0.25) is 70.9 Å². The quantitative estimate of drug-likeness (QED) is 0.0146. The maximum atomic E-state index is 15.2. The van der Waals surface area contributed by atoms with E-state index in [0.717, 1.165) is 13.8 Å². The molecule has 0 saturated heterocycles. The van der Waals surface area contributed by atoms with Crippen LogP contribution in [0.15, 0.2) is 91.1 Å². The van der Waals surface area contributed by atoms with E-state index >= 15 is 9.59 Å². The summed E-state index contributed by atoms with van der Waals surface area (Å²) < 4.78 is 0. The number of nitrogens with one attached hydrogen (secondary N) is 12. The number of hydrogen-bond acceptors (Lipinski definition) is 22. The second-order valence-corrected chi connectivity index (χ2v) is 26.2. The zero-order chi connectivity index (χ0) is 76.3. The second-order valence-electron chi connectivity index (χ2n) is 24.5. The molecule has 0 aliphatic heterocycles. The molecule has 33 nitrogen and oxygen atoms in total. The third-order valence-electron chi connectivity index (χ3n) is 16.3. The van der Waals surface area contributed by atoms with Crippen LogP contribution in [0, 0.1) is 0 Å². The van der Waals surface area contributed by atoms with Crippen LogP contribution in [0.4, 0.5) is 0 Å². The monoisotopic (exact) mass is 1490 g/mol. The number of carboxylic acid groups (broad SMARTS) is 1. The van der Waals surface area contributed by atoms with Crippen LogP contribution >= 0.6 is 37.0 Å². The summed E-state index contributed by atoms with van der Waals surface area (Å²) in [4.78, 5) is 183. The third kappa shape index (κ3) is 29.1. The first-order chi connectivity index (χ1) is 49.1. The minimum Gasteiger partial charge on any atom is -0.480 e. The molecule has 1 aromatic heterocycles. The number of benzene rings is 3. The molecule has 0 bridgehead atoms. The number of carbonyl (C=O) groups is 13. The van der Waals surface area contributed by atoms with E-state index in [1.807, 2.05) is 0 Å². The van der Waals surface area contributed by atoms with Crippen LogP contribution in [-0.4, -0.2) is 230 Å². The highest BCUT2D eigenvalue weighted by Crippen LogP contribution is 2.21. The van der Waals surface area contributed by atoms with Crippen molar-refractivity contribution in [3.63, 3.8) is 0 Å². The first-order valence-electron chi connectivity index (χ1n) is 33.4. The molecule has 36 heteroatoms. The van der Waals surface area contributed by atoms with Crippen molar-refractivity contribution in [3.05, 3.63) is 108 Å². The normalized spacial score (nSPS) is 15.3. The average Bonchev–Trinajstić information content (AvgIpc) is 1.78. The standard InChI is InChI=1S/C67H98N16O17S3/c1-36(85)54(65(97)75-46(24-27-103-3)59(91)83-55(37(2)86)66(98)80-51(33-84)64(96)81-52(35-102)67(99)100)82-58(90)45(23-13-15-26-69)74-62(94)49(30-40-32-72-43-21-11-10-20-41(40)43)78-61(93)48(29-39-18-8-5-9-19-39)76-60(92)47(28-38-16-6-4-7-17-38)77-63(95)50(31-53(71)87)79-57(89)44(22-12-14-25-68)73-56(88)42(70)34-101/h4-11,16-21,32,36-37,42,44-52,54-55,72,84-86,101-102H,12-15,22-31,33-35,68-70H2,1-3H3,(H2,71,87)(H,73,88)(H,74,94)(H,75,97)(H,76,92)(H,77,95)(H,78,93)(H,79,89)(H,80,98)(H,81,96)(H,82,90)(H,83,91)(H,99,100)/t36?,37?,42-,44-,45-,46-,47-,48-,49+,50-,51-,52-,54-,55-/m0/s1. The van der Waals surface area contributed by atoms with Gasteiger partial charge in [-0.3, -0.25) is 57.5 Å². The molecule has 3 aromatic carbocycles. The lowest BCUT2D eigenvalue weighted by atomic mass is 10.00. The lowest BCUT2D eigenvalue weighted by molar-refractivity contribution is -0.142. The first kappa shape index (κ1) is 86.5. The Kier molecular flexibility index (Phi) is 38.0. The van der Waals surface area contributed by atoms with Crippen molar-refractivity contribution in [1.29, 1.82) is 0 Å². The molecule has 0 aliphatic carbocycles. The Morgan fingerprint density at radius 3 is 1.28 bits per heavy atom. The number of aromatic amines is 1. The molecule has 566 valence electrons. The van der Waals surface area contributed by atoms with Gasteiger partial charge in [-0.2, -0.15) is 37.0 Å². The molecule has 12 amide bonds. The fourth-order valence-corrected chi connectivity index (χ4v) is 11.4. The minimum atomic E-state index is -1.85. The maximum absolute atomic E-state index is 15.2. The molecule has 4 rings (SSSR count). The summed E-state index contributed by atoms with van der Waals surface area (Å²) in [6.45, 7) is 1.65. The Hall–Kier alpha value is -8.88. The van der Waals surface area contributed by atoms with Crippen molar-refractivity contribution in [1.82, 2.24) is 63.5 Å². The molecular formula is C67H98N16O17S3. The number of thioether (sulfide) groups is 1. The van der Waals surface area contributed by atoms with Crippen LogP contribution in [0.5, 0.6) is 0 Å². The number of hydrogen-bond donors (Lipinski definition) is 22. The number of nitrogens with two attached hydrogens (primary N) is 4. The van der Waals surface area contributed by atoms with E-state index in [4.69, 9.17) is 22.9 Å². The molecular weight excluding hydrogens is 1400 g/mol. The van der Waals surface area contributed by atoms with E-state index in [2.05, 4.69) is 88.7 Å².